The van der Waals surface area contributed by atoms with Crippen LogP contribution in [0.4, 0.5) is 18.9 Å². The first-order chi connectivity index (χ1) is 21.6. The van der Waals surface area contributed by atoms with Gasteiger partial charge in [0, 0.05) is 46.3 Å². The summed E-state index contributed by atoms with van der Waals surface area (Å²) >= 11 is 1.23. The zero-order valence-corrected chi connectivity index (χ0v) is 24.8. The summed E-state index contributed by atoms with van der Waals surface area (Å²) in [6.07, 6.45) is 0.744. The van der Waals surface area contributed by atoms with Gasteiger partial charge in [-0.1, -0.05) is 12.1 Å². The number of piperidine rings is 1. The van der Waals surface area contributed by atoms with Crippen molar-refractivity contribution in [1.29, 1.82) is 5.26 Å². The van der Waals surface area contributed by atoms with Crippen LogP contribution in [0, 0.1) is 28.8 Å². The van der Waals surface area contributed by atoms with Crippen molar-refractivity contribution in [2.75, 3.05) is 18.0 Å². The van der Waals surface area contributed by atoms with Gasteiger partial charge in [-0.25, -0.2) is 13.2 Å². The Morgan fingerprint density at radius 3 is 2.53 bits per heavy atom. The molecule has 0 spiro atoms. The quantitative estimate of drug-likeness (QED) is 0.300. The number of amides is 2. The number of ether oxygens (including phenoxy) is 1. The number of hydrogen-bond donors (Lipinski definition) is 2. The highest BCUT2D eigenvalue weighted by atomic mass is 32.2. The molecule has 1 saturated heterocycles. The van der Waals surface area contributed by atoms with Gasteiger partial charge in [0.1, 0.15) is 24.2 Å². The summed E-state index contributed by atoms with van der Waals surface area (Å²) in [5.41, 5.74) is 6.76. The molecule has 1 fully saturated rings. The summed E-state index contributed by atoms with van der Waals surface area (Å²) in [5.74, 6) is -4.74. The molecular weight excluding hydrogens is 609 g/mol. The molecule has 5 rings (SSSR count). The number of halogens is 3. The van der Waals surface area contributed by atoms with Gasteiger partial charge in [0.05, 0.1) is 23.9 Å². The maximum Gasteiger partial charge on any atom is 0.303 e. The lowest BCUT2D eigenvalue weighted by molar-refractivity contribution is -0.137. The highest BCUT2D eigenvalue weighted by molar-refractivity contribution is 8.00. The fraction of sp³-hybridized carbons (Fsp3) is 0.312. The van der Waals surface area contributed by atoms with Gasteiger partial charge in [-0.15, -0.1) is 11.8 Å². The Bertz CT molecular complexity index is 1690. The smallest absolute Gasteiger partial charge is 0.303 e. The minimum Gasteiger partial charge on any atom is -0.488 e. The standard InChI is InChI=1S/C32H29F3N4O5S/c33-23-14-18(15-36)4-6-24(23)38-12-10-20(11-13-38)45-27-8-5-19(29(34)30(27)35)17-44-26-3-1-2-21-22(26)16-39(32(21)43)25(31(37)42)7-9-28(40)41/h1-6,8,14,20,25H,7,9-13,16-17H2,(H2,37,42)(H,40,41). The molecule has 3 aromatic carbocycles. The fourth-order valence-corrected chi connectivity index (χ4v) is 6.73. The van der Waals surface area contributed by atoms with Crippen LogP contribution in [0.25, 0.3) is 0 Å². The van der Waals surface area contributed by atoms with Crippen molar-refractivity contribution in [2.24, 2.45) is 5.73 Å². The Balaban J connectivity index is 1.21. The van der Waals surface area contributed by atoms with Crippen molar-refractivity contribution in [2.45, 2.75) is 55.0 Å². The van der Waals surface area contributed by atoms with E-state index >= 15 is 8.78 Å². The zero-order valence-electron chi connectivity index (χ0n) is 24.0. The lowest BCUT2D eigenvalue weighted by Gasteiger charge is -2.33. The van der Waals surface area contributed by atoms with E-state index in [1.807, 2.05) is 11.0 Å². The molecule has 0 saturated carbocycles. The predicted molar refractivity (Wildman–Crippen MR) is 159 cm³/mol. The van der Waals surface area contributed by atoms with Crippen LogP contribution >= 0.6 is 11.8 Å². The van der Waals surface area contributed by atoms with Crippen LogP contribution in [-0.4, -0.2) is 52.2 Å². The van der Waals surface area contributed by atoms with Crippen LogP contribution in [-0.2, 0) is 22.7 Å². The molecule has 0 radical (unpaired) electrons. The number of rotatable bonds is 11. The second-order valence-corrected chi connectivity index (χ2v) is 12.1. The molecule has 0 aliphatic carbocycles. The summed E-state index contributed by atoms with van der Waals surface area (Å²) < 4.78 is 50.5. The largest absolute Gasteiger partial charge is 0.488 e. The average Bonchev–Trinajstić information content (AvgIpc) is 3.35. The Hall–Kier alpha value is -4.70. The third-order valence-electron chi connectivity index (χ3n) is 7.95. The minimum atomic E-state index is -1.13. The number of carboxylic acids is 1. The number of carbonyl (C=O) groups excluding carboxylic acids is 2. The fourth-order valence-electron chi connectivity index (χ4n) is 5.58. The average molecular weight is 639 g/mol. The number of nitriles is 1. The first kappa shape index (κ1) is 31.7. The molecule has 45 heavy (non-hydrogen) atoms. The van der Waals surface area contributed by atoms with Crippen LogP contribution in [0.15, 0.2) is 53.4 Å². The highest BCUT2D eigenvalue weighted by Gasteiger charge is 2.37. The monoisotopic (exact) mass is 638 g/mol. The number of primary amides is 1. The van der Waals surface area contributed by atoms with E-state index in [2.05, 4.69) is 0 Å². The first-order valence-corrected chi connectivity index (χ1v) is 15.1. The van der Waals surface area contributed by atoms with Crippen LogP contribution < -0.4 is 15.4 Å². The predicted octanol–water partition coefficient (Wildman–Crippen LogP) is 4.99. The molecule has 1 atom stereocenters. The van der Waals surface area contributed by atoms with Crippen molar-refractivity contribution in [3.63, 3.8) is 0 Å². The number of thioether (sulfide) groups is 1. The molecule has 2 aliphatic rings. The summed E-state index contributed by atoms with van der Waals surface area (Å²) in [4.78, 5) is 39.3. The minimum absolute atomic E-state index is 0.00851. The van der Waals surface area contributed by atoms with E-state index in [0.29, 0.717) is 37.2 Å². The second kappa shape index (κ2) is 13.5. The van der Waals surface area contributed by atoms with Crippen LogP contribution in [0.2, 0.25) is 0 Å². The highest BCUT2D eigenvalue weighted by Crippen LogP contribution is 2.37. The van der Waals surface area contributed by atoms with Crippen molar-refractivity contribution < 1.29 is 37.4 Å². The number of nitrogens with zero attached hydrogens (tertiary/aromatic N) is 3. The number of anilines is 1. The van der Waals surface area contributed by atoms with E-state index in [0.717, 1.165) is 0 Å². The van der Waals surface area contributed by atoms with Gasteiger partial charge in [-0.3, -0.25) is 14.4 Å². The van der Waals surface area contributed by atoms with E-state index in [1.54, 1.807) is 24.3 Å². The van der Waals surface area contributed by atoms with Gasteiger partial charge in [-0.05, 0) is 55.7 Å². The van der Waals surface area contributed by atoms with Crippen molar-refractivity contribution >= 4 is 35.2 Å². The van der Waals surface area contributed by atoms with E-state index < -0.39 is 41.3 Å². The number of hydrogen-bond acceptors (Lipinski definition) is 7. The zero-order chi connectivity index (χ0) is 32.2. The molecule has 0 bridgehead atoms. The van der Waals surface area contributed by atoms with E-state index in [4.69, 9.17) is 20.8 Å². The Labute approximate surface area is 261 Å². The topological polar surface area (TPSA) is 137 Å². The first-order valence-electron chi connectivity index (χ1n) is 14.2. The summed E-state index contributed by atoms with van der Waals surface area (Å²) in [7, 11) is 0. The summed E-state index contributed by atoms with van der Waals surface area (Å²) in [5, 5.41) is 18.0. The van der Waals surface area contributed by atoms with Gasteiger partial charge in [-0.2, -0.15) is 5.26 Å². The van der Waals surface area contributed by atoms with E-state index in [9.17, 15) is 18.8 Å². The molecular formula is C32H29F3N4O5S. The third-order valence-corrected chi connectivity index (χ3v) is 9.33. The molecule has 1 unspecified atom stereocenters. The number of carbonyl (C=O) groups is 3. The van der Waals surface area contributed by atoms with Gasteiger partial charge in [0.25, 0.3) is 5.91 Å². The molecule has 9 nitrogen and oxygen atoms in total. The van der Waals surface area contributed by atoms with E-state index in [1.165, 1.54) is 40.9 Å². The Morgan fingerprint density at radius 2 is 1.87 bits per heavy atom. The van der Waals surface area contributed by atoms with Crippen LogP contribution in [0.5, 0.6) is 5.75 Å². The third kappa shape index (κ3) is 6.86. The van der Waals surface area contributed by atoms with Crippen molar-refractivity contribution in [1.82, 2.24) is 4.90 Å². The number of benzene rings is 3. The Morgan fingerprint density at radius 1 is 1.11 bits per heavy atom. The van der Waals surface area contributed by atoms with Crippen LogP contribution in [0.1, 0.15) is 52.7 Å². The number of nitrogens with two attached hydrogens (primary N) is 1. The summed E-state index contributed by atoms with van der Waals surface area (Å²) in [6, 6.07) is 12.7. The second-order valence-electron chi connectivity index (χ2n) is 10.8. The van der Waals surface area contributed by atoms with Crippen molar-refractivity contribution in [3.8, 4) is 11.8 Å². The summed E-state index contributed by atoms with van der Waals surface area (Å²) in [6.45, 7) is 0.668. The Kier molecular flexibility index (Phi) is 9.53. The van der Waals surface area contributed by atoms with E-state index in [-0.39, 0.29) is 58.6 Å². The number of carboxylic acid groups (broad SMARTS) is 1. The lowest BCUT2D eigenvalue weighted by atomic mass is 10.1. The number of fused-ring (bicyclic) bond motifs is 1. The normalized spacial score (nSPS) is 15.5. The van der Waals surface area contributed by atoms with Crippen LogP contribution in [0.3, 0.4) is 0 Å². The van der Waals surface area contributed by atoms with Gasteiger partial charge < -0.3 is 25.4 Å². The molecule has 2 aliphatic heterocycles. The lowest BCUT2D eigenvalue weighted by Crippen LogP contribution is -2.45. The molecule has 13 heteroatoms. The van der Waals surface area contributed by atoms with Gasteiger partial charge in [0.2, 0.25) is 5.91 Å². The molecule has 0 aromatic heterocycles. The molecule has 2 heterocycles. The molecule has 3 aromatic rings. The van der Waals surface area contributed by atoms with Gasteiger partial charge >= 0.3 is 5.97 Å². The molecule has 234 valence electrons. The molecule has 2 amide bonds. The molecule has 3 N–H and O–H groups in total. The van der Waals surface area contributed by atoms with Crippen molar-refractivity contribution in [3.05, 3.63) is 88.2 Å². The maximum atomic E-state index is 15.2. The van der Waals surface area contributed by atoms with Gasteiger partial charge in [0.15, 0.2) is 11.6 Å². The maximum absolute atomic E-state index is 15.2. The number of aliphatic carboxylic acids is 1. The SMILES string of the molecule is N#Cc1ccc(N2CCC(Sc3ccc(COc4cccc5c4CN(C(CCC(=O)O)C(N)=O)C5=O)c(F)c3F)CC2)c(F)c1.